The Morgan fingerprint density at radius 1 is 1.17 bits per heavy atom. The molecule has 3 rings (SSSR count). The lowest BCUT2D eigenvalue weighted by molar-refractivity contribution is -0.117. The maximum absolute atomic E-state index is 13.2. The summed E-state index contributed by atoms with van der Waals surface area (Å²) in [5, 5.41) is 12.1. The lowest BCUT2D eigenvalue weighted by Gasteiger charge is -2.23. The molecule has 158 valence electrons. The standard InChI is InChI=1S/C23H27FN4OS/c1-18(11-12-25)30-22-6-3-2-5-21(22)26-23(29)17-27-13-4-14-28(16-15-27)20-9-7-19(24)8-10-20/h2-3,5-10,18H,4,11,13-17H2,1H3,(H,26,29). The lowest BCUT2D eigenvalue weighted by Crippen LogP contribution is -2.36. The van der Waals surface area contributed by atoms with Gasteiger partial charge in [0.15, 0.2) is 0 Å². The summed E-state index contributed by atoms with van der Waals surface area (Å²) in [6.07, 6.45) is 1.41. The first-order valence-corrected chi connectivity index (χ1v) is 11.1. The van der Waals surface area contributed by atoms with Crippen molar-refractivity contribution in [3.63, 3.8) is 0 Å². The third kappa shape index (κ3) is 6.48. The number of benzene rings is 2. The number of nitriles is 1. The first-order valence-electron chi connectivity index (χ1n) is 10.2. The molecule has 0 radical (unpaired) electrons. The molecule has 1 unspecified atom stereocenters. The SMILES string of the molecule is CC(CC#N)Sc1ccccc1NC(=O)CN1CCCN(c2ccc(F)cc2)CC1. The van der Waals surface area contributed by atoms with E-state index in [1.54, 1.807) is 23.9 Å². The van der Waals surface area contributed by atoms with Crippen LogP contribution in [0.1, 0.15) is 19.8 Å². The Kier molecular flexibility index (Phi) is 8.12. The van der Waals surface area contributed by atoms with E-state index in [1.165, 1.54) is 12.1 Å². The summed E-state index contributed by atoms with van der Waals surface area (Å²) in [4.78, 5) is 18.1. The smallest absolute Gasteiger partial charge is 0.238 e. The number of nitrogens with zero attached hydrogens (tertiary/aromatic N) is 3. The minimum Gasteiger partial charge on any atom is -0.370 e. The summed E-state index contributed by atoms with van der Waals surface area (Å²) < 4.78 is 13.2. The van der Waals surface area contributed by atoms with Crippen LogP contribution in [0.5, 0.6) is 0 Å². The van der Waals surface area contributed by atoms with Crippen LogP contribution in [0, 0.1) is 17.1 Å². The van der Waals surface area contributed by atoms with Gasteiger partial charge in [0.05, 0.1) is 18.3 Å². The Morgan fingerprint density at radius 2 is 1.93 bits per heavy atom. The molecule has 5 nitrogen and oxygen atoms in total. The molecular formula is C23H27FN4OS. The molecule has 1 heterocycles. The molecule has 0 aromatic heterocycles. The number of anilines is 2. The molecule has 0 aliphatic carbocycles. The number of thioether (sulfide) groups is 1. The predicted molar refractivity (Wildman–Crippen MR) is 120 cm³/mol. The number of rotatable bonds is 7. The van der Waals surface area contributed by atoms with Gasteiger partial charge in [-0.1, -0.05) is 19.1 Å². The average molecular weight is 427 g/mol. The molecule has 0 bridgehead atoms. The fraction of sp³-hybridized carbons (Fsp3) is 0.391. The highest BCUT2D eigenvalue weighted by Crippen LogP contribution is 2.31. The Balaban J connectivity index is 1.54. The van der Waals surface area contributed by atoms with Crippen molar-refractivity contribution in [1.82, 2.24) is 4.90 Å². The van der Waals surface area contributed by atoms with E-state index in [9.17, 15) is 9.18 Å². The molecule has 1 aliphatic heterocycles. The summed E-state index contributed by atoms with van der Waals surface area (Å²) in [6, 6.07) is 16.5. The van der Waals surface area contributed by atoms with Crippen LogP contribution in [0.3, 0.4) is 0 Å². The van der Waals surface area contributed by atoms with E-state index in [0.717, 1.165) is 48.9 Å². The largest absolute Gasteiger partial charge is 0.370 e. The number of nitrogens with one attached hydrogen (secondary N) is 1. The molecule has 1 amide bonds. The van der Waals surface area contributed by atoms with Crippen LogP contribution < -0.4 is 10.2 Å². The number of amides is 1. The third-order valence-corrected chi connectivity index (χ3v) is 6.19. The van der Waals surface area contributed by atoms with Gasteiger partial charge in [-0.25, -0.2) is 4.39 Å². The highest BCUT2D eigenvalue weighted by atomic mass is 32.2. The molecule has 1 fully saturated rings. The summed E-state index contributed by atoms with van der Waals surface area (Å²) in [7, 11) is 0. The zero-order valence-corrected chi connectivity index (χ0v) is 18.0. The van der Waals surface area contributed by atoms with Crippen LogP contribution in [0.4, 0.5) is 15.8 Å². The third-order valence-electron chi connectivity index (χ3n) is 5.02. The second-order valence-corrected chi connectivity index (χ2v) is 8.91. The van der Waals surface area contributed by atoms with E-state index < -0.39 is 0 Å². The number of para-hydroxylation sites is 1. The minimum absolute atomic E-state index is 0.0359. The summed E-state index contributed by atoms with van der Waals surface area (Å²) in [6.45, 7) is 5.67. The Bertz CT molecular complexity index is 884. The van der Waals surface area contributed by atoms with Crippen molar-refractivity contribution in [2.75, 3.05) is 42.9 Å². The predicted octanol–water partition coefficient (Wildman–Crippen LogP) is 4.37. The lowest BCUT2D eigenvalue weighted by atomic mass is 10.2. The Morgan fingerprint density at radius 3 is 2.70 bits per heavy atom. The molecule has 1 N–H and O–H groups in total. The average Bonchev–Trinajstić information content (AvgIpc) is 2.96. The molecule has 1 atom stereocenters. The number of carbonyl (C=O) groups excluding carboxylic acids is 1. The maximum atomic E-state index is 13.2. The first-order chi connectivity index (χ1) is 14.5. The van der Waals surface area contributed by atoms with Crippen molar-refractivity contribution in [1.29, 1.82) is 5.26 Å². The van der Waals surface area contributed by atoms with Crippen LogP contribution in [0.2, 0.25) is 0 Å². The Hall–Kier alpha value is -2.56. The number of halogens is 1. The molecule has 7 heteroatoms. The van der Waals surface area contributed by atoms with Crippen molar-refractivity contribution in [3.8, 4) is 6.07 Å². The van der Waals surface area contributed by atoms with Crippen molar-refractivity contribution in [2.45, 2.75) is 29.9 Å². The molecule has 1 aliphatic rings. The van der Waals surface area contributed by atoms with Crippen molar-refractivity contribution >= 4 is 29.0 Å². The van der Waals surface area contributed by atoms with Crippen LogP contribution in [0.25, 0.3) is 0 Å². The molecule has 30 heavy (non-hydrogen) atoms. The molecular weight excluding hydrogens is 399 g/mol. The van der Waals surface area contributed by atoms with Gasteiger partial charge in [-0.15, -0.1) is 11.8 Å². The van der Waals surface area contributed by atoms with E-state index in [4.69, 9.17) is 5.26 Å². The van der Waals surface area contributed by atoms with Gasteiger partial charge in [0.2, 0.25) is 5.91 Å². The fourth-order valence-corrected chi connectivity index (χ4v) is 4.49. The topological polar surface area (TPSA) is 59.4 Å². The van der Waals surface area contributed by atoms with Crippen LogP contribution in [-0.2, 0) is 4.79 Å². The van der Waals surface area contributed by atoms with Gasteiger partial charge in [0.25, 0.3) is 0 Å². The second kappa shape index (κ2) is 11.0. The van der Waals surface area contributed by atoms with Gasteiger partial charge >= 0.3 is 0 Å². The molecule has 1 saturated heterocycles. The molecule has 2 aromatic carbocycles. The summed E-state index contributed by atoms with van der Waals surface area (Å²) in [5.74, 6) is -0.265. The van der Waals surface area contributed by atoms with E-state index in [2.05, 4.69) is 21.2 Å². The van der Waals surface area contributed by atoms with Crippen LogP contribution in [0.15, 0.2) is 53.4 Å². The van der Waals surface area contributed by atoms with Gasteiger partial charge in [-0.2, -0.15) is 5.26 Å². The Labute approximate surface area is 181 Å². The summed E-state index contributed by atoms with van der Waals surface area (Å²) in [5.41, 5.74) is 1.81. The monoisotopic (exact) mass is 426 g/mol. The second-order valence-electron chi connectivity index (χ2n) is 7.43. The maximum Gasteiger partial charge on any atom is 0.238 e. The van der Waals surface area contributed by atoms with Crippen LogP contribution >= 0.6 is 11.8 Å². The van der Waals surface area contributed by atoms with Crippen molar-refractivity contribution < 1.29 is 9.18 Å². The number of carbonyl (C=O) groups is 1. The van der Waals surface area contributed by atoms with Crippen molar-refractivity contribution in [2.24, 2.45) is 0 Å². The van der Waals surface area contributed by atoms with Gasteiger partial charge in [-0.05, 0) is 42.8 Å². The number of hydrogen-bond acceptors (Lipinski definition) is 5. The summed E-state index contributed by atoms with van der Waals surface area (Å²) >= 11 is 1.60. The molecule has 0 saturated carbocycles. The first kappa shape index (κ1) is 22.1. The van der Waals surface area contributed by atoms with E-state index in [1.807, 2.05) is 31.2 Å². The highest BCUT2D eigenvalue weighted by Gasteiger charge is 2.18. The zero-order chi connectivity index (χ0) is 21.3. The van der Waals surface area contributed by atoms with Gasteiger partial charge in [0.1, 0.15) is 5.82 Å². The van der Waals surface area contributed by atoms with E-state index >= 15 is 0 Å². The van der Waals surface area contributed by atoms with Crippen molar-refractivity contribution in [3.05, 3.63) is 54.3 Å². The quantitative estimate of drug-likeness (QED) is 0.666. The highest BCUT2D eigenvalue weighted by molar-refractivity contribution is 8.00. The normalized spacial score (nSPS) is 15.8. The van der Waals surface area contributed by atoms with Crippen LogP contribution in [-0.4, -0.2) is 48.8 Å². The molecule has 0 spiro atoms. The minimum atomic E-state index is -0.229. The number of hydrogen-bond donors (Lipinski definition) is 1. The zero-order valence-electron chi connectivity index (χ0n) is 17.2. The van der Waals surface area contributed by atoms with Gasteiger partial charge in [0, 0.05) is 48.4 Å². The van der Waals surface area contributed by atoms with Gasteiger partial charge in [-0.3, -0.25) is 9.69 Å². The van der Waals surface area contributed by atoms with Gasteiger partial charge < -0.3 is 10.2 Å². The van der Waals surface area contributed by atoms with E-state index in [0.29, 0.717) is 13.0 Å². The fourth-order valence-electron chi connectivity index (χ4n) is 3.49. The van der Waals surface area contributed by atoms with E-state index in [-0.39, 0.29) is 17.0 Å². The molecule has 2 aromatic rings.